The fourth-order valence-corrected chi connectivity index (χ4v) is 3.16. The van der Waals surface area contributed by atoms with E-state index in [9.17, 15) is 10.1 Å². The maximum absolute atomic E-state index is 12.1. The second kappa shape index (κ2) is 5.86. The second-order valence-corrected chi connectivity index (χ2v) is 5.80. The number of allylic oxidation sites excluding steroid dienone is 4. The Morgan fingerprint density at radius 1 is 1.35 bits per heavy atom. The average molecular weight is 306 g/mol. The van der Waals surface area contributed by atoms with Crippen LogP contribution in [0, 0.1) is 18.3 Å². The van der Waals surface area contributed by atoms with Gasteiger partial charge >= 0.3 is 0 Å². The predicted molar refractivity (Wildman–Crippen MR) is 88.1 cm³/mol. The summed E-state index contributed by atoms with van der Waals surface area (Å²) in [6.07, 6.45) is 3.48. The van der Waals surface area contributed by atoms with Crippen molar-refractivity contribution in [2.45, 2.75) is 19.4 Å². The lowest BCUT2D eigenvalue weighted by molar-refractivity contribution is -0.125. The van der Waals surface area contributed by atoms with Crippen molar-refractivity contribution in [2.75, 3.05) is 14.2 Å². The van der Waals surface area contributed by atoms with Gasteiger partial charge in [0, 0.05) is 32.4 Å². The van der Waals surface area contributed by atoms with Crippen LogP contribution in [0.4, 0.5) is 0 Å². The molecule has 116 valence electrons. The van der Waals surface area contributed by atoms with Crippen molar-refractivity contribution in [2.24, 2.45) is 0 Å². The number of hydrogen-bond donors (Lipinski definition) is 0. The highest BCUT2D eigenvalue weighted by molar-refractivity contribution is 5.98. The topological polar surface area (TPSA) is 53.3 Å². The van der Waals surface area contributed by atoms with E-state index in [1.54, 1.807) is 4.90 Å². The summed E-state index contributed by atoms with van der Waals surface area (Å²) in [4.78, 5) is 13.9. The number of Topliss-reactive ketones (excluding diaryl/α,β-unsaturated/α-hetero) is 1. The Kier molecular flexibility index (Phi) is 3.89. The maximum Gasteiger partial charge on any atom is 0.169 e. The van der Waals surface area contributed by atoms with E-state index in [1.807, 2.05) is 50.5 Å². The maximum atomic E-state index is 12.1. The van der Waals surface area contributed by atoms with Crippen molar-refractivity contribution < 1.29 is 9.53 Å². The van der Waals surface area contributed by atoms with Crippen LogP contribution in [-0.4, -0.2) is 30.9 Å². The van der Waals surface area contributed by atoms with Gasteiger partial charge in [0.2, 0.25) is 0 Å². The van der Waals surface area contributed by atoms with Gasteiger partial charge < -0.3 is 9.64 Å². The first-order valence-corrected chi connectivity index (χ1v) is 7.48. The molecule has 1 aliphatic heterocycles. The third kappa shape index (κ3) is 2.49. The van der Waals surface area contributed by atoms with Gasteiger partial charge in [0.05, 0.1) is 0 Å². The van der Waals surface area contributed by atoms with E-state index < -0.39 is 6.10 Å². The van der Waals surface area contributed by atoms with Crippen molar-refractivity contribution in [3.63, 3.8) is 0 Å². The molecule has 1 aromatic rings. The highest BCUT2D eigenvalue weighted by atomic mass is 16.5. The zero-order valence-electron chi connectivity index (χ0n) is 13.5. The summed E-state index contributed by atoms with van der Waals surface area (Å²) < 4.78 is 5.29. The van der Waals surface area contributed by atoms with Crippen LogP contribution in [0.15, 0.2) is 53.4 Å². The highest BCUT2D eigenvalue weighted by Gasteiger charge is 2.32. The third-order valence-electron chi connectivity index (χ3n) is 4.33. The number of nitriles is 1. The Bertz CT molecular complexity index is 809. The van der Waals surface area contributed by atoms with E-state index in [4.69, 9.17) is 4.74 Å². The Balaban J connectivity index is 2.26. The molecule has 0 saturated heterocycles. The molecule has 2 aliphatic rings. The number of methoxy groups -OCH3 is 1. The van der Waals surface area contributed by atoms with Gasteiger partial charge in [-0.05, 0) is 35.3 Å². The lowest BCUT2D eigenvalue weighted by atomic mass is 9.80. The summed E-state index contributed by atoms with van der Waals surface area (Å²) in [7, 11) is 3.37. The molecule has 1 aliphatic carbocycles. The van der Waals surface area contributed by atoms with Crippen LogP contribution < -0.4 is 0 Å². The number of fused-ring (bicyclic) bond motifs is 1. The van der Waals surface area contributed by atoms with Crippen LogP contribution >= 0.6 is 0 Å². The van der Waals surface area contributed by atoms with Gasteiger partial charge in [-0.2, -0.15) is 5.26 Å². The van der Waals surface area contributed by atoms with Crippen molar-refractivity contribution in [1.82, 2.24) is 4.90 Å². The summed E-state index contributed by atoms with van der Waals surface area (Å²) in [5.74, 6) is 0.0421. The standard InChI is InChI=1S/C19H18N2O2/c1-12-6-4-5-7-14(12)19-15-9-18(23-3)17(22)8-13(15)11-21(2)16(19)10-20/h4-7,9,11,18H,8H2,1-3H3. The lowest BCUT2D eigenvalue weighted by Crippen LogP contribution is -2.29. The quantitative estimate of drug-likeness (QED) is 0.843. The van der Waals surface area contributed by atoms with Gasteiger partial charge in [-0.15, -0.1) is 0 Å². The molecule has 1 aromatic carbocycles. The molecular weight excluding hydrogens is 288 g/mol. The van der Waals surface area contributed by atoms with Gasteiger partial charge in [-0.1, -0.05) is 24.3 Å². The summed E-state index contributed by atoms with van der Waals surface area (Å²) in [5, 5.41) is 9.65. The van der Waals surface area contributed by atoms with Crippen LogP contribution in [0.25, 0.3) is 5.57 Å². The monoisotopic (exact) mass is 306 g/mol. The molecule has 23 heavy (non-hydrogen) atoms. The number of ketones is 1. The predicted octanol–water partition coefficient (Wildman–Crippen LogP) is 2.97. The average Bonchev–Trinajstić information content (AvgIpc) is 2.54. The first-order chi connectivity index (χ1) is 11.1. The Labute approximate surface area is 136 Å². The molecule has 0 radical (unpaired) electrons. The van der Waals surface area contributed by atoms with Crippen molar-refractivity contribution in [1.29, 1.82) is 5.26 Å². The Hall–Kier alpha value is -2.64. The first-order valence-electron chi connectivity index (χ1n) is 7.48. The lowest BCUT2D eigenvalue weighted by Gasteiger charge is -2.32. The fourth-order valence-electron chi connectivity index (χ4n) is 3.16. The van der Waals surface area contributed by atoms with Crippen molar-refractivity contribution in [3.8, 4) is 6.07 Å². The summed E-state index contributed by atoms with van der Waals surface area (Å²) in [6, 6.07) is 10.3. The summed E-state index contributed by atoms with van der Waals surface area (Å²) in [5.41, 5.74) is 5.43. The molecule has 0 bridgehead atoms. The minimum Gasteiger partial charge on any atom is -0.370 e. The number of nitrogens with zero attached hydrogens (tertiary/aromatic N) is 2. The number of hydrogen-bond acceptors (Lipinski definition) is 4. The van der Waals surface area contributed by atoms with Gasteiger partial charge in [0.1, 0.15) is 17.9 Å². The highest BCUT2D eigenvalue weighted by Crippen LogP contribution is 2.41. The van der Waals surface area contributed by atoms with E-state index in [2.05, 4.69) is 6.07 Å². The molecule has 4 heteroatoms. The first kappa shape index (κ1) is 15.3. The number of rotatable bonds is 2. The molecule has 0 aromatic heterocycles. The summed E-state index contributed by atoms with van der Waals surface area (Å²) in [6.45, 7) is 2.03. The molecule has 0 N–H and O–H groups in total. The van der Waals surface area contributed by atoms with Crippen LogP contribution in [0.2, 0.25) is 0 Å². The van der Waals surface area contributed by atoms with Gasteiger partial charge in [0.25, 0.3) is 0 Å². The van der Waals surface area contributed by atoms with Crippen molar-refractivity contribution >= 4 is 11.4 Å². The molecule has 0 saturated carbocycles. The molecule has 3 rings (SSSR count). The van der Waals surface area contributed by atoms with E-state index >= 15 is 0 Å². The molecule has 1 heterocycles. The van der Waals surface area contributed by atoms with E-state index in [-0.39, 0.29) is 5.78 Å². The summed E-state index contributed by atoms with van der Waals surface area (Å²) >= 11 is 0. The molecule has 1 atom stereocenters. The molecule has 0 fully saturated rings. The van der Waals surface area contributed by atoms with Crippen molar-refractivity contribution in [3.05, 3.63) is 64.5 Å². The molecule has 0 spiro atoms. The normalized spacial score (nSPS) is 20.7. The van der Waals surface area contributed by atoms with E-state index in [1.165, 1.54) is 7.11 Å². The molecule has 4 nitrogen and oxygen atoms in total. The minimum absolute atomic E-state index is 0.0421. The van der Waals surface area contributed by atoms with Crippen LogP contribution in [0.3, 0.4) is 0 Å². The van der Waals surface area contributed by atoms with Crippen LogP contribution in [0.5, 0.6) is 0 Å². The van der Waals surface area contributed by atoms with E-state index in [0.29, 0.717) is 12.1 Å². The Morgan fingerprint density at radius 2 is 2.09 bits per heavy atom. The van der Waals surface area contributed by atoms with Gasteiger partial charge in [-0.3, -0.25) is 4.79 Å². The number of carbonyl (C=O) groups is 1. The number of carbonyl (C=O) groups excluding carboxylic acids is 1. The van der Waals surface area contributed by atoms with Gasteiger partial charge in [0.15, 0.2) is 5.78 Å². The van der Waals surface area contributed by atoms with Crippen LogP contribution in [-0.2, 0) is 9.53 Å². The van der Waals surface area contributed by atoms with E-state index in [0.717, 1.165) is 27.8 Å². The third-order valence-corrected chi connectivity index (χ3v) is 4.33. The molecule has 0 amide bonds. The van der Waals surface area contributed by atoms with Gasteiger partial charge in [-0.25, -0.2) is 0 Å². The van der Waals surface area contributed by atoms with Crippen LogP contribution in [0.1, 0.15) is 17.5 Å². The number of benzene rings is 1. The minimum atomic E-state index is -0.551. The fraction of sp³-hybridized carbons (Fsp3) is 0.263. The number of aryl methyl sites for hydroxylation is 1. The zero-order valence-corrected chi connectivity index (χ0v) is 13.5. The smallest absolute Gasteiger partial charge is 0.169 e. The Morgan fingerprint density at radius 3 is 2.74 bits per heavy atom. The zero-order chi connectivity index (χ0) is 16.6. The SMILES string of the molecule is COC1C=C2C(=CN(C)C(C#N)=C2c2ccccc2C)CC1=O. The second-order valence-electron chi connectivity index (χ2n) is 5.80. The number of ether oxygens (including phenoxy) is 1. The molecule has 1 unspecified atom stereocenters. The largest absolute Gasteiger partial charge is 0.370 e. The molecular formula is C19H18N2O2.